The fraction of sp³-hybridized carbons (Fsp3) is 0.190. The summed E-state index contributed by atoms with van der Waals surface area (Å²) in [6.45, 7) is 2.07. The van der Waals surface area contributed by atoms with Gasteiger partial charge in [-0.2, -0.15) is 0 Å². The minimum atomic E-state index is -1.10. The zero-order chi connectivity index (χ0) is 44.9. The van der Waals surface area contributed by atoms with E-state index >= 15 is 4.39 Å². The smallest absolute Gasteiger partial charge is 0.337 e. The number of fused-ring (bicyclic) bond motifs is 2. The number of hydrogen-bond acceptors (Lipinski definition) is 13. The summed E-state index contributed by atoms with van der Waals surface area (Å²) in [4.78, 5) is 62.6. The number of aromatic amines is 1. The number of carboxylic acids is 1. The third-order valence-electron chi connectivity index (χ3n) is 9.78. The van der Waals surface area contributed by atoms with Gasteiger partial charge in [0.15, 0.2) is 11.6 Å². The predicted octanol–water partition coefficient (Wildman–Crippen LogP) is 7.33. The van der Waals surface area contributed by atoms with E-state index in [1.54, 1.807) is 24.4 Å². The van der Waals surface area contributed by atoms with Crippen LogP contribution in [0, 0.1) is 5.82 Å². The number of benzene rings is 4. The summed E-state index contributed by atoms with van der Waals surface area (Å²) < 4.78 is 36.4. The van der Waals surface area contributed by atoms with E-state index in [9.17, 15) is 19.5 Å². The molecule has 324 valence electrons. The molecular weight excluding hydrogens is 884 g/mol. The normalized spacial score (nSPS) is 12.6. The Morgan fingerprint density at radius 2 is 1.25 bits per heavy atom. The van der Waals surface area contributed by atoms with Crippen LogP contribution in [0.5, 0.6) is 23.0 Å². The first-order chi connectivity index (χ1) is 30.4. The molecule has 8 rings (SSSR count). The Hall–Kier alpha value is -6.86. The second kappa shape index (κ2) is 19.0. The van der Waals surface area contributed by atoms with Crippen LogP contribution >= 0.6 is 34.8 Å². The molecule has 4 N–H and O–H groups in total. The SMILES string of the molecule is COc1cc(OC)c(Cl)c(-c2ccc(C(=O)Nc3ncc(CN4CCNC(=O)C4)[nH]3)c3nccnc23)c1F.COc1cc(OC)c(Cl)c(-c2ccc(C(=O)O)c3nccnc23)c1Cl. The second-order valence-electron chi connectivity index (χ2n) is 13.5. The highest BCUT2D eigenvalue weighted by molar-refractivity contribution is 6.41. The first kappa shape index (κ1) is 44.2. The zero-order valence-corrected chi connectivity index (χ0v) is 35.9. The number of nitrogens with one attached hydrogen (secondary N) is 3. The standard InChI is InChI=1S/C25H23ClFN7O4.C17H12Cl2N2O4/c1-37-16-9-17(38-2)21(27)19(20(16)26)14-3-4-15(23-22(14)29-5-6-30-23)24(36)33-25-31-10-13(32-25)11-34-8-7-28-18(35)12-34;1-24-10-7-11(25-2)14(19)12(13(10)18)8-3-4-9(17(22)23)16-15(8)20-5-6-21-16/h3-6,9-10H,7-8,11-12H2,1-2H3,(H,28,35)(H2,31,32,33,36);3-7H,1-2H3,(H,22,23). The summed E-state index contributed by atoms with van der Waals surface area (Å²) >= 11 is 19.4. The molecule has 3 aromatic heterocycles. The van der Waals surface area contributed by atoms with Crippen molar-refractivity contribution in [2.75, 3.05) is 53.4 Å². The van der Waals surface area contributed by atoms with Crippen molar-refractivity contribution in [2.24, 2.45) is 0 Å². The van der Waals surface area contributed by atoms with Crippen LogP contribution in [0.3, 0.4) is 0 Å². The van der Waals surface area contributed by atoms with Gasteiger partial charge in [0.2, 0.25) is 11.9 Å². The summed E-state index contributed by atoms with van der Waals surface area (Å²) in [5.41, 5.74) is 3.38. The number of carboxylic acid groups (broad SMARTS) is 1. The molecule has 0 saturated carbocycles. The van der Waals surface area contributed by atoms with E-state index < -0.39 is 17.7 Å². The van der Waals surface area contributed by atoms with Crippen molar-refractivity contribution in [2.45, 2.75) is 6.54 Å². The summed E-state index contributed by atoms with van der Waals surface area (Å²) in [7, 11) is 5.70. The van der Waals surface area contributed by atoms with Crippen molar-refractivity contribution in [3.63, 3.8) is 0 Å². The number of aromatic carboxylic acids is 1. The number of carbonyl (C=O) groups excluding carboxylic acids is 2. The topological polar surface area (TPSA) is 216 Å². The molecule has 21 heteroatoms. The van der Waals surface area contributed by atoms with Gasteiger partial charge in [-0.25, -0.2) is 14.2 Å². The van der Waals surface area contributed by atoms with Crippen molar-refractivity contribution in [1.82, 2.24) is 40.1 Å². The minimum Gasteiger partial charge on any atom is -0.495 e. The lowest BCUT2D eigenvalue weighted by Crippen LogP contribution is -2.47. The first-order valence-corrected chi connectivity index (χ1v) is 19.8. The molecule has 0 unspecified atom stereocenters. The number of aromatic nitrogens is 6. The molecule has 0 spiro atoms. The molecule has 4 heterocycles. The number of halogens is 4. The van der Waals surface area contributed by atoms with Gasteiger partial charge in [-0.1, -0.05) is 46.9 Å². The average Bonchev–Trinajstić information content (AvgIpc) is 3.72. The number of carbonyl (C=O) groups is 3. The lowest BCUT2D eigenvalue weighted by atomic mass is 9.99. The van der Waals surface area contributed by atoms with Crippen molar-refractivity contribution in [3.05, 3.63) is 105 Å². The van der Waals surface area contributed by atoms with Gasteiger partial charge >= 0.3 is 5.97 Å². The molecule has 0 aliphatic carbocycles. The molecule has 0 atom stereocenters. The Morgan fingerprint density at radius 3 is 1.81 bits per heavy atom. The van der Waals surface area contributed by atoms with Gasteiger partial charge in [-0.15, -0.1) is 0 Å². The minimum absolute atomic E-state index is 0.0161. The molecular formula is C42H35Cl3FN9O8. The average molecular weight is 919 g/mol. The Kier molecular flexibility index (Phi) is 13.4. The molecule has 7 aromatic rings. The predicted molar refractivity (Wildman–Crippen MR) is 233 cm³/mol. The largest absolute Gasteiger partial charge is 0.495 e. The van der Waals surface area contributed by atoms with Crippen LogP contribution in [-0.4, -0.2) is 106 Å². The van der Waals surface area contributed by atoms with Crippen LogP contribution in [-0.2, 0) is 11.3 Å². The van der Waals surface area contributed by atoms with Crippen molar-refractivity contribution in [3.8, 4) is 45.3 Å². The molecule has 2 amide bonds. The first-order valence-electron chi connectivity index (χ1n) is 18.6. The van der Waals surface area contributed by atoms with Gasteiger partial charge in [0.05, 0.1) is 84.1 Å². The van der Waals surface area contributed by atoms with Crippen molar-refractivity contribution < 1.29 is 42.8 Å². The summed E-state index contributed by atoms with van der Waals surface area (Å²) in [5, 5.41) is 15.4. The number of nitrogens with zero attached hydrogens (tertiary/aromatic N) is 6. The Morgan fingerprint density at radius 1 is 0.746 bits per heavy atom. The molecule has 1 aliphatic rings. The van der Waals surface area contributed by atoms with Gasteiger partial charge in [0.25, 0.3) is 5.91 Å². The summed E-state index contributed by atoms with van der Waals surface area (Å²) in [6, 6.07) is 9.02. The number of anilines is 1. The number of ether oxygens (including phenoxy) is 4. The maximum absolute atomic E-state index is 15.4. The van der Waals surface area contributed by atoms with Crippen LogP contribution in [0.2, 0.25) is 15.1 Å². The van der Waals surface area contributed by atoms with E-state index in [4.69, 9.17) is 53.8 Å². The van der Waals surface area contributed by atoms with Gasteiger partial charge < -0.3 is 34.4 Å². The Balaban J connectivity index is 0.000000206. The van der Waals surface area contributed by atoms with E-state index in [0.717, 1.165) is 5.69 Å². The van der Waals surface area contributed by atoms with E-state index in [1.807, 2.05) is 4.90 Å². The number of H-pyrrole nitrogens is 1. The van der Waals surface area contributed by atoms with Crippen LogP contribution in [0.4, 0.5) is 10.3 Å². The van der Waals surface area contributed by atoms with Gasteiger partial charge in [-0.3, -0.25) is 39.7 Å². The molecule has 1 fully saturated rings. The van der Waals surface area contributed by atoms with Gasteiger partial charge in [-0.05, 0) is 12.1 Å². The molecule has 1 saturated heterocycles. The van der Waals surface area contributed by atoms with Gasteiger partial charge in [0, 0.05) is 78.8 Å². The van der Waals surface area contributed by atoms with E-state index in [0.29, 0.717) is 59.9 Å². The summed E-state index contributed by atoms with van der Waals surface area (Å²) in [6.07, 6.45) is 7.37. The van der Waals surface area contributed by atoms with E-state index in [1.165, 1.54) is 71.4 Å². The molecule has 1 aliphatic heterocycles. The quantitative estimate of drug-likeness (QED) is 0.1000. The zero-order valence-electron chi connectivity index (χ0n) is 33.7. The van der Waals surface area contributed by atoms with Crippen LogP contribution in [0.25, 0.3) is 44.3 Å². The molecule has 17 nitrogen and oxygen atoms in total. The number of hydrogen-bond donors (Lipinski definition) is 4. The highest BCUT2D eigenvalue weighted by Gasteiger charge is 2.26. The number of amides is 2. The third kappa shape index (κ3) is 8.92. The van der Waals surface area contributed by atoms with Crippen molar-refractivity contribution in [1.29, 1.82) is 0 Å². The highest BCUT2D eigenvalue weighted by atomic mass is 35.5. The number of rotatable bonds is 11. The van der Waals surface area contributed by atoms with E-state index in [-0.39, 0.29) is 71.7 Å². The molecule has 4 aromatic carbocycles. The monoisotopic (exact) mass is 917 g/mol. The lowest BCUT2D eigenvalue weighted by molar-refractivity contribution is -0.124. The van der Waals surface area contributed by atoms with Crippen molar-refractivity contribution >= 4 is 80.6 Å². The highest BCUT2D eigenvalue weighted by Crippen LogP contribution is 2.48. The maximum Gasteiger partial charge on any atom is 0.337 e. The van der Waals surface area contributed by atoms with E-state index in [2.05, 4.69) is 40.5 Å². The Bertz CT molecular complexity index is 2860. The summed E-state index contributed by atoms with van der Waals surface area (Å²) in [5.74, 6) is -1.18. The van der Waals surface area contributed by atoms with Crippen LogP contribution in [0.1, 0.15) is 26.4 Å². The number of imidazole rings is 1. The van der Waals surface area contributed by atoms with Crippen LogP contribution < -0.4 is 29.6 Å². The Labute approximate surface area is 372 Å². The fourth-order valence-electron chi connectivity index (χ4n) is 6.86. The maximum atomic E-state index is 15.4. The number of piperazine rings is 1. The van der Waals surface area contributed by atoms with Crippen LogP contribution in [0.15, 0.2) is 67.4 Å². The second-order valence-corrected chi connectivity index (χ2v) is 14.6. The third-order valence-corrected chi connectivity index (χ3v) is 10.9. The lowest BCUT2D eigenvalue weighted by Gasteiger charge is -2.25. The number of methoxy groups -OCH3 is 4. The molecule has 63 heavy (non-hydrogen) atoms. The molecule has 0 bridgehead atoms. The fourth-order valence-corrected chi connectivity index (χ4v) is 7.88. The molecule has 0 radical (unpaired) electrons. The van der Waals surface area contributed by atoms with Gasteiger partial charge in [0.1, 0.15) is 28.3 Å².